The van der Waals surface area contributed by atoms with E-state index >= 15 is 0 Å². The van der Waals surface area contributed by atoms with E-state index in [2.05, 4.69) is 32.2 Å². The second kappa shape index (κ2) is 9.60. The Labute approximate surface area is 196 Å². The van der Waals surface area contributed by atoms with Crippen molar-refractivity contribution in [3.63, 3.8) is 0 Å². The zero-order valence-electron chi connectivity index (χ0n) is 18.5. The van der Waals surface area contributed by atoms with Crippen LogP contribution in [0.1, 0.15) is 5.56 Å². The van der Waals surface area contributed by atoms with Crippen LogP contribution in [0.5, 0.6) is 11.5 Å². The minimum atomic E-state index is -0.253. The number of halogens is 1. The number of carbonyl (C=O) groups excluding carboxylic acids is 1. The van der Waals surface area contributed by atoms with Gasteiger partial charge in [-0.15, -0.1) is 0 Å². The van der Waals surface area contributed by atoms with Gasteiger partial charge in [0.2, 0.25) is 11.9 Å². The number of benzene rings is 1. The molecule has 0 bridgehead atoms. The van der Waals surface area contributed by atoms with E-state index in [1.165, 1.54) is 6.08 Å². The van der Waals surface area contributed by atoms with Crippen molar-refractivity contribution in [2.75, 3.05) is 32.8 Å². The molecule has 2 N–H and O–H groups in total. The summed E-state index contributed by atoms with van der Waals surface area (Å²) in [5, 5.41) is 7.32. The molecular formula is C23H24ClN5O4. The highest BCUT2D eigenvalue weighted by molar-refractivity contribution is 6.35. The van der Waals surface area contributed by atoms with Crippen molar-refractivity contribution in [1.82, 2.24) is 20.3 Å². The first kappa shape index (κ1) is 22.8. The summed E-state index contributed by atoms with van der Waals surface area (Å²) >= 11 is 6.60. The zero-order chi connectivity index (χ0) is 23.5. The summed E-state index contributed by atoms with van der Waals surface area (Å²) in [5.74, 6) is 1.32. The SMILES string of the molecule is C=CC(=O)NC1COCC1Nc1ncc2cc(-c3c(C)c(OC)cc(OC)c3Cl)ncc2n1. The van der Waals surface area contributed by atoms with Gasteiger partial charge in [0.1, 0.15) is 11.5 Å². The van der Waals surface area contributed by atoms with E-state index in [0.29, 0.717) is 46.9 Å². The Bertz CT molecular complexity index is 1190. The van der Waals surface area contributed by atoms with E-state index in [1.54, 1.807) is 32.7 Å². The third-order valence-electron chi connectivity index (χ3n) is 5.51. The van der Waals surface area contributed by atoms with Crippen LogP contribution in [0.3, 0.4) is 0 Å². The van der Waals surface area contributed by atoms with Crippen LogP contribution < -0.4 is 20.1 Å². The van der Waals surface area contributed by atoms with E-state index in [4.69, 9.17) is 25.8 Å². The molecule has 2 atom stereocenters. The molecule has 1 saturated heterocycles. The number of anilines is 1. The number of hydrogen-bond donors (Lipinski definition) is 2. The minimum absolute atomic E-state index is 0.163. The van der Waals surface area contributed by atoms with Crippen molar-refractivity contribution in [2.24, 2.45) is 0 Å². The number of fused-ring (bicyclic) bond motifs is 1. The molecule has 3 heterocycles. The van der Waals surface area contributed by atoms with Crippen LogP contribution in [0, 0.1) is 6.92 Å². The van der Waals surface area contributed by atoms with E-state index < -0.39 is 0 Å². The summed E-state index contributed by atoms with van der Waals surface area (Å²) in [6.07, 6.45) is 4.61. The molecule has 1 aliphatic heterocycles. The average Bonchev–Trinajstić information content (AvgIpc) is 3.25. The monoisotopic (exact) mass is 469 g/mol. The van der Waals surface area contributed by atoms with Crippen molar-refractivity contribution >= 4 is 34.4 Å². The molecular weight excluding hydrogens is 446 g/mol. The first-order chi connectivity index (χ1) is 15.9. The predicted molar refractivity (Wildman–Crippen MR) is 126 cm³/mol. The second-order valence-corrected chi connectivity index (χ2v) is 7.90. The summed E-state index contributed by atoms with van der Waals surface area (Å²) in [4.78, 5) is 25.2. The Morgan fingerprint density at radius 3 is 2.67 bits per heavy atom. The van der Waals surface area contributed by atoms with Gasteiger partial charge in [-0.3, -0.25) is 9.78 Å². The maximum Gasteiger partial charge on any atom is 0.243 e. The maximum absolute atomic E-state index is 11.6. The lowest BCUT2D eigenvalue weighted by Gasteiger charge is -2.19. The number of aromatic nitrogens is 3. The van der Waals surface area contributed by atoms with Crippen LogP contribution in [0.4, 0.5) is 5.95 Å². The Kier molecular flexibility index (Phi) is 6.62. The first-order valence-electron chi connectivity index (χ1n) is 10.3. The van der Waals surface area contributed by atoms with Crippen LogP contribution in [-0.2, 0) is 9.53 Å². The lowest BCUT2D eigenvalue weighted by Crippen LogP contribution is -2.45. The Hall–Kier alpha value is -3.43. The number of ether oxygens (including phenoxy) is 3. The fraction of sp³-hybridized carbons (Fsp3) is 0.304. The number of amides is 1. The van der Waals surface area contributed by atoms with Crippen LogP contribution in [0.25, 0.3) is 22.2 Å². The smallest absolute Gasteiger partial charge is 0.243 e. The standard InChI is InChI=1S/C23H24ClN5O4/c1-5-20(30)27-16-10-33-11-17(16)29-23-26-8-13-6-14(25-9-15(13)28-23)21-12(2)18(31-3)7-19(32-4)22(21)24/h5-9,16-17H,1,10-11H2,2-4H3,(H,27,30)(H,26,28,29). The molecule has 3 aromatic rings. The van der Waals surface area contributed by atoms with Gasteiger partial charge in [0.15, 0.2) is 0 Å². The highest BCUT2D eigenvalue weighted by Gasteiger charge is 2.29. The molecule has 2 aromatic heterocycles. The molecule has 4 rings (SSSR count). The quantitative estimate of drug-likeness (QED) is 0.508. The van der Waals surface area contributed by atoms with E-state index in [0.717, 1.165) is 16.5 Å². The number of nitrogens with one attached hydrogen (secondary N) is 2. The van der Waals surface area contributed by atoms with Gasteiger partial charge >= 0.3 is 0 Å². The van der Waals surface area contributed by atoms with Crippen molar-refractivity contribution in [2.45, 2.75) is 19.0 Å². The normalized spacial score (nSPS) is 17.6. The van der Waals surface area contributed by atoms with Gasteiger partial charge in [-0.25, -0.2) is 9.97 Å². The number of pyridine rings is 1. The Morgan fingerprint density at radius 1 is 1.18 bits per heavy atom. The summed E-state index contributed by atoms with van der Waals surface area (Å²) < 4.78 is 16.4. The zero-order valence-corrected chi connectivity index (χ0v) is 19.3. The highest BCUT2D eigenvalue weighted by Crippen LogP contribution is 2.42. The molecule has 1 amide bonds. The second-order valence-electron chi connectivity index (χ2n) is 7.52. The van der Waals surface area contributed by atoms with E-state index in [-0.39, 0.29) is 18.0 Å². The van der Waals surface area contributed by atoms with Crippen LogP contribution in [0.2, 0.25) is 5.02 Å². The van der Waals surface area contributed by atoms with Crippen LogP contribution in [0.15, 0.2) is 37.2 Å². The van der Waals surface area contributed by atoms with Gasteiger partial charge in [0.05, 0.1) is 61.9 Å². The average molecular weight is 470 g/mol. The molecule has 1 aromatic carbocycles. The Morgan fingerprint density at radius 2 is 1.94 bits per heavy atom. The number of rotatable bonds is 7. The maximum atomic E-state index is 11.6. The number of hydrogen-bond acceptors (Lipinski definition) is 8. The van der Waals surface area contributed by atoms with Crippen molar-refractivity contribution in [1.29, 1.82) is 0 Å². The summed E-state index contributed by atoms with van der Waals surface area (Å²) in [7, 11) is 3.15. The highest BCUT2D eigenvalue weighted by atomic mass is 35.5. The van der Waals surface area contributed by atoms with Crippen molar-refractivity contribution in [3.8, 4) is 22.8 Å². The van der Waals surface area contributed by atoms with Gasteiger partial charge in [-0.05, 0) is 19.1 Å². The molecule has 9 nitrogen and oxygen atoms in total. The molecule has 1 aliphatic rings. The van der Waals surface area contributed by atoms with Gasteiger partial charge in [-0.2, -0.15) is 0 Å². The molecule has 0 aliphatic carbocycles. The fourth-order valence-electron chi connectivity index (χ4n) is 3.75. The number of carbonyl (C=O) groups is 1. The lowest BCUT2D eigenvalue weighted by molar-refractivity contribution is -0.117. The summed E-state index contributed by atoms with van der Waals surface area (Å²) in [6.45, 7) is 6.22. The molecule has 10 heteroatoms. The summed E-state index contributed by atoms with van der Waals surface area (Å²) in [6, 6.07) is 3.26. The minimum Gasteiger partial charge on any atom is -0.496 e. The van der Waals surface area contributed by atoms with Gasteiger partial charge < -0.3 is 24.8 Å². The topological polar surface area (TPSA) is 107 Å². The molecule has 172 valence electrons. The van der Waals surface area contributed by atoms with Gasteiger partial charge in [0.25, 0.3) is 0 Å². The number of nitrogens with zero attached hydrogens (tertiary/aromatic N) is 3. The first-order valence-corrected chi connectivity index (χ1v) is 10.6. The lowest BCUT2D eigenvalue weighted by atomic mass is 10.0. The molecule has 33 heavy (non-hydrogen) atoms. The van der Waals surface area contributed by atoms with E-state index in [1.807, 2.05) is 13.0 Å². The molecule has 1 fully saturated rings. The van der Waals surface area contributed by atoms with Crippen LogP contribution >= 0.6 is 11.6 Å². The molecule has 2 unspecified atom stereocenters. The third-order valence-corrected chi connectivity index (χ3v) is 5.89. The largest absolute Gasteiger partial charge is 0.496 e. The Balaban J connectivity index is 1.63. The third kappa shape index (κ3) is 4.55. The predicted octanol–water partition coefficient (Wildman–Crippen LogP) is 3.15. The molecule has 0 spiro atoms. The number of methoxy groups -OCH3 is 2. The van der Waals surface area contributed by atoms with Crippen molar-refractivity contribution in [3.05, 3.63) is 47.8 Å². The summed E-state index contributed by atoms with van der Waals surface area (Å²) in [5.41, 5.74) is 2.89. The van der Waals surface area contributed by atoms with Gasteiger partial charge in [-0.1, -0.05) is 18.2 Å². The van der Waals surface area contributed by atoms with Gasteiger partial charge in [0, 0.05) is 28.8 Å². The van der Waals surface area contributed by atoms with Crippen LogP contribution in [-0.4, -0.2) is 60.4 Å². The van der Waals surface area contributed by atoms with E-state index in [9.17, 15) is 4.79 Å². The molecule has 0 saturated carbocycles. The molecule has 0 radical (unpaired) electrons. The van der Waals surface area contributed by atoms with Crippen molar-refractivity contribution < 1.29 is 19.0 Å². The fourth-order valence-corrected chi connectivity index (χ4v) is 4.12.